The van der Waals surface area contributed by atoms with Gasteiger partial charge in [0.2, 0.25) is 0 Å². The van der Waals surface area contributed by atoms with Gasteiger partial charge in [-0.15, -0.1) is 0 Å². The first-order chi connectivity index (χ1) is 9.53. The molecular weight excluding hydrogens is 276 g/mol. The number of rotatable bonds is 7. The molecule has 1 aromatic rings. The highest BCUT2D eigenvalue weighted by atomic mass is 35.5. The van der Waals surface area contributed by atoms with E-state index in [1.165, 1.54) is 0 Å². The van der Waals surface area contributed by atoms with Gasteiger partial charge in [0.15, 0.2) is 6.10 Å². The van der Waals surface area contributed by atoms with Crippen molar-refractivity contribution in [2.45, 2.75) is 33.3 Å². The molecule has 1 rings (SSSR count). The normalized spacial score (nSPS) is 12.1. The van der Waals surface area contributed by atoms with Crippen molar-refractivity contribution in [2.24, 2.45) is 5.73 Å². The largest absolute Gasteiger partial charge is 0.479 e. The Kier molecular flexibility index (Phi) is 6.82. The summed E-state index contributed by atoms with van der Waals surface area (Å²) >= 11 is 6.17. The molecule has 1 aromatic carbocycles. The van der Waals surface area contributed by atoms with Crippen molar-refractivity contribution in [3.8, 4) is 5.75 Å². The highest BCUT2D eigenvalue weighted by Crippen LogP contribution is 2.26. The fourth-order valence-electron chi connectivity index (χ4n) is 2.00. The molecule has 0 aliphatic heterocycles. The van der Waals surface area contributed by atoms with Crippen molar-refractivity contribution in [3.05, 3.63) is 28.8 Å². The number of hydrogen-bond donors (Lipinski definition) is 1. The molecule has 0 saturated carbocycles. The zero-order valence-corrected chi connectivity index (χ0v) is 13.1. The molecule has 1 atom stereocenters. The number of ether oxygens (including phenoxy) is 1. The Morgan fingerprint density at radius 3 is 2.55 bits per heavy atom. The summed E-state index contributed by atoms with van der Waals surface area (Å²) in [5.41, 5.74) is 6.57. The third-order valence-electron chi connectivity index (χ3n) is 3.16. The summed E-state index contributed by atoms with van der Waals surface area (Å²) in [6.45, 7) is 7.56. The smallest absolute Gasteiger partial charge is 0.263 e. The summed E-state index contributed by atoms with van der Waals surface area (Å²) in [7, 11) is 0. The van der Waals surface area contributed by atoms with E-state index in [9.17, 15) is 4.79 Å². The lowest BCUT2D eigenvalue weighted by molar-refractivity contribution is -0.137. The Morgan fingerprint density at radius 1 is 1.40 bits per heavy atom. The van der Waals surface area contributed by atoms with Crippen LogP contribution in [0.2, 0.25) is 5.02 Å². The second kappa shape index (κ2) is 8.12. The Balaban J connectivity index is 2.75. The van der Waals surface area contributed by atoms with Crippen molar-refractivity contribution in [3.63, 3.8) is 0 Å². The van der Waals surface area contributed by atoms with Gasteiger partial charge in [0.1, 0.15) is 5.75 Å². The maximum atomic E-state index is 12.1. The third kappa shape index (κ3) is 4.39. The van der Waals surface area contributed by atoms with Crippen molar-refractivity contribution in [2.75, 3.05) is 19.6 Å². The van der Waals surface area contributed by atoms with E-state index in [-0.39, 0.29) is 5.91 Å². The second-order valence-electron chi connectivity index (χ2n) is 4.57. The van der Waals surface area contributed by atoms with Crippen LogP contribution in [0.1, 0.15) is 26.3 Å². The molecule has 0 spiro atoms. The quantitative estimate of drug-likeness (QED) is 0.841. The minimum atomic E-state index is -0.548. The maximum absolute atomic E-state index is 12.1. The van der Waals surface area contributed by atoms with Crippen LogP contribution in [0.15, 0.2) is 18.2 Å². The average Bonchev–Trinajstić information content (AvgIpc) is 2.43. The van der Waals surface area contributed by atoms with Crippen LogP contribution in [0.5, 0.6) is 5.75 Å². The number of halogens is 1. The molecule has 5 heteroatoms. The minimum Gasteiger partial charge on any atom is -0.479 e. The van der Waals surface area contributed by atoms with Gasteiger partial charge in [-0.3, -0.25) is 4.79 Å². The standard InChI is InChI=1S/C15H23ClN2O2/c1-4-18(5-2)15(19)11(3)20-14-7-6-12(8-9-17)10-13(14)16/h6-7,10-11H,4-5,8-9,17H2,1-3H3. The van der Waals surface area contributed by atoms with Crippen LogP contribution in [-0.4, -0.2) is 36.5 Å². The van der Waals surface area contributed by atoms with Crippen LogP contribution >= 0.6 is 11.6 Å². The van der Waals surface area contributed by atoms with Crippen molar-refractivity contribution < 1.29 is 9.53 Å². The summed E-state index contributed by atoms with van der Waals surface area (Å²) in [5.74, 6) is 0.498. The molecular formula is C15H23ClN2O2. The van der Waals surface area contributed by atoms with Gasteiger partial charge < -0.3 is 15.4 Å². The van der Waals surface area contributed by atoms with Crippen molar-refractivity contribution >= 4 is 17.5 Å². The zero-order chi connectivity index (χ0) is 15.1. The van der Waals surface area contributed by atoms with Crippen LogP contribution in [0.3, 0.4) is 0 Å². The molecule has 2 N–H and O–H groups in total. The molecule has 0 radical (unpaired) electrons. The summed E-state index contributed by atoms with van der Waals surface area (Å²) in [4.78, 5) is 13.9. The van der Waals surface area contributed by atoms with E-state index in [0.717, 1.165) is 12.0 Å². The molecule has 20 heavy (non-hydrogen) atoms. The lowest BCUT2D eigenvalue weighted by atomic mass is 10.1. The van der Waals surface area contributed by atoms with Crippen LogP contribution < -0.4 is 10.5 Å². The predicted octanol–water partition coefficient (Wildman–Crippen LogP) is 2.48. The fraction of sp³-hybridized carbons (Fsp3) is 0.533. The van der Waals surface area contributed by atoms with Crippen LogP contribution in [0.25, 0.3) is 0 Å². The second-order valence-corrected chi connectivity index (χ2v) is 4.98. The molecule has 1 unspecified atom stereocenters. The Labute approximate surface area is 125 Å². The van der Waals surface area contributed by atoms with E-state index < -0.39 is 6.10 Å². The Morgan fingerprint density at radius 2 is 2.05 bits per heavy atom. The first-order valence-electron chi connectivity index (χ1n) is 6.97. The number of hydrogen-bond acceptors (Lipinski definition) is 3. The van der Waals surface area contributed by atoms with E-state index in [0.29, 0.717) is 30.4 Å². The van der Waals surface area contributed by atoms with Crippen molar-refractivity contribution in [1.29, 1.82) is 0 Å². The number of carbonyl (C=O) groups is 1. The third-order valence-corrected chi connectivity index (χ3v) is 3.45. The van der Waals surface area contributed by atoms with E-state index in [1.807, 2.05) is 26.0 Å². The molecule has 0 fully saturated rings. The van der Waals surface area contributed by atoms with Gasteiger partial charge in [-0.1, -0.05) is 17.7 Å². The number of nitrogens with two attached hydrogens (primary N) is 1. The first kappa shape index (κ1) is 16.8. The summed E-state index contributed by atoms with van der Waals surface area (Å²) < 4.78 is 5.67. The molecule has 0 heterocycles. The van der Waals surface area contributed by atoms with E-state index in [4.69, 9.17) is 22.1 Å². The van der Waals surface area contributed by atoms with Crippen molar-refractivity contribution in [1.82, 2.24) is 4.90 Å². The zero-order valence-electron chi connectivity index (χ0n) is 12.4. The van der Waals surface area contributed by atoms with Gasteiger partial charge in [0.05, 0.1) is 5.02 Å². The molecule has 0 saturated heterocycles. The summed E-state index contributed by atoms with van der Waals surface area (Å²) in [6, 6.07) is 5.54. The molecule has 0 aliphatic rings. The van der Waals surface area contributed by atoms with Gasteiger partial charge in [-0.05, 0) is 51.4 Å². The molecule has 4 nitrogen and oxygen atoms in total. The van der Waals surface area contributed by atoms with Crippen LogP contribution in [-0.2, 0) is 11.2 Å². The monoisotopic (exact) mass is 298 g/mol. The summed E-state index contributed by atoms with van der Waals surface area (Å²) in [5, 5.41) is 0.509. The number of amides is 1. The SMILES string of the molecule is CCN(CC)C(=O)C(C)Oc1ccc(CCN)cc1Cl. The number of benzene rings is 1. The molecule has 1 amide bonds. The van der Waals surface area contributed by atoms with Gasteiger partial charge in [0.25, 0.3) is 5.91 Å². The fourth-order valence-corrected chi connectivity index (χ4v) is 2.24. The molecule has 0 bridgehead atoms. The first-order valence-corrected chi connectivity index (χ1v) is 7.35. The Hall–Kier alpha value is -1.26. The molecule has 112 valence electrons. The highest BCUT2D eigenvalue weighted by Gasteiger charge is 2.20. The average molecular weight is 299 g/mol. The maximum Gasteiger partial charge on any atom is 0.263 e. The van der Waals surface area contributed by atoms with Gasteiger partial charge >= 0.3 is 0 Å². The van der Waals surface area contributed by atoms with Crippen LogP contribution in [0.4, 0.5) is 0 Å². The van der Waals surface area contributed by atoms with Gasteiger partial charge in [-0.2, -0.15) is 0 Å². The number of likely N-dealkylation sites (N-methyl/N-ethyl adjacent to an activating group) is 1. The highest BCUT2D eigenvalue weighted by molar-refractivity contribution is 6.32. The summed E-state index contributed by atoms with van der Waals surface area (Å²) in [6.07, 6.45) is 0.223. The predicted molar refractivity (Wildman–Crippen MR) is 82.2 cm³/mol. The lowest BCUT2D eigenvalue weighted by Gasteiger charge is -2.23. The number of nitrogens with zero attached hydrogens (tertiary/aromatic N) is 1. The Bertz CT molecular complexity index is 447. The lowest BCUT2D eigenvalue weighted by Crippen LogP contribution is -2.40. The van der Waals surface area contributed by atoms with Gasteiger partial charge in [0, 0.05) is 13.1 Å². The van der Waals surface area contributed by atoms with E-state index in [1.54, 1.807) is 17.9 Å². The topological polar surface area (TPSA) is 55.6 Å². The minimum absolute atomic E-state index is 0.0305. The number of carbonyl (C=O) groups excluding carboxylic acids is 1. The van der Waals surface area contributed by atoms with Crippen LogP contribution in [0, 0.1) is 0 Å². The van der Waals surface area contributed by atoms with E-state index >= 15 is 0 Å². The molecule has 0 aliphatic carbocycles. The van der Waals surface area contributed by atoms with E-state index in [2.05, 4.69) is 0 Å². The molecule has 0 aromatic heterocycles. The van der Waals surface area contributed by atoms with Gasteiger partial charge in [-0.25, -0.2) is 0 Å².